The minimum absolute atomic E-state index is 0.340. The number of nitrogens with zero attached hydrogens (tertiary/aromatic N) is 3. The van der Waals surface area contributed by atoms with Crippen molar-refractivity contribution in [2.75, 3.05) is 18.5 Å². The van der Waals surface area contributed by atoms with Crippen molar-refractivity contribution in [3.8, 4) is 17.4 Å². The lowest BCUT2D eigenvalue weighted by Gasteiger charge is -2.09. The Morgan fingerprint density at radius 3 is 2.65 bits per heavy atom. The number of hydrogen-bond donors (Lipinski definition) is 1. The molecule has 1 N–H and O–H groups in total. The van der Waals surface area contributed by atoms with E-state index in [-0.39, 0.29) is 0 Å². The van der Waals surface area contributed by atoms with Crippen molar-refractivity contribution in [1.82, 2.24) is 15.0 Å². The molecule has 0 fully saturated rings. The van der Waals surface area contributed by atoms with Crippen molar-refractivity contribution < 1.29 is 4.74 Å². The molecule has 0 aliphatic carbocycles. The molecule has 1 aromatic heterocycles. The zero-order valence-corrected chi connectivity index (χ0v) is 13.1. The molecule has 2 aromatic rings. The third-order valence-electron chi connectivity index (χ3n) is 2.54. The molecule has 1 aromatic carbocycles. The molecule has 0 saturated heterocycles. The number of anilines is 1. The quantitative estimate of drug-likeness (QED) is 0.874. The maximum Gasteiger partial charge on any atom is 0.321 e. The van der Waals surface area contributed by atoms with Gasteiger partial charge in [-0.05, 0) is 19.4 Å². The highest BCUT2D eigenvalue weighted by atomic mass is 79.9. The zero-order valence-electron chi connectivity index (χ0n) is 11.6. The van der Waals surface area contributed by atoms with Gasteiger partial charge in [0.2, 0.25) is 5.95 Å². The van der Waals surface area contributed by atoms with Crippen LogP contribution in [0.5, 0.6) is 6.01 Å². The maximum atomic E-state index is 5.41. The fourth-order valence-electron chi connectivity index (χ4n) is 1.63. The molecule has 2 rings (SSSR count). The second-order valence-corrected chi connectivity index (χ2v) is 4.96. The van der Waals surface area contributed by atoms with Crippen LogP contribution in [0.25, 0.3) is 11.4 Å². The summed E-state index contributed by atoms with van der Waals surface area (Å²) in [5.74, 6) is 1.13. The van der Waals surface area contributed by atoms with Crippen LogP contribution in [0.3, 0.4) is 0 Å². The second-order valence-electron chi connectivity index (χ2n) is 4.10. The lowest BCUT2D eigenvalue weighted by molar-refractivity contribution is 0.312. The van der Waals surface area contributed by atoms with Crippen LogP contribution < -0.4 is 10.1 Å². The molecule has 0 amide bonds. The predicted octanol–water partition coefficient (Wildman–Crippen LogP) is 3.52. The lowest BCUT2D eigenvalue weighted by Crippen LogP contribution is -2.08. The lowest BCUT2D eigenvalue weighted by atomic mass is 10.2. The first-order valence-corrected chi connectivity index (χ1v) is 7.41. The summed E-state index contributed by atoms with van der Waals surface area (Å²) in [5, 5.41) is 3.17. The number of ether oxygens (including phenoxy) is 1. The molecule has 0 atom stereocenters. The van der Waals surface area contributed by atoms with E-state index in [0.717, 1.165) is 23.0 Å². The third kappa shape index (κ3) is 3.66. The van der Waals surface area contributed by atoms with E-state index in [1.165, 1.54) is 0 Å². The Bertz CT molecular complexity index is 577. The van der Waals surface area contributed by atoms with E-state index in [1.807, 2.05) is 31.2 Å². The van der Waals surface area contributed by atoms with Crippen LogP contribution >= 0.6 is 15.9 Å². The highest BCUT2D eigenvalue weighted by Gasteiger charge is 2.11. The molecule has 0 aliphatic rings. The third-order valence-corrected chi connectivity index (χ3v) is 3.23. The SMILES string of the molecule is CCCNc1nc(OCC)nc(-c2ccccc2Br)n1. The molecule has 0 unspecified atom stereocenters. The minimum atomic E-state index is 0.340. The maximum absolute atomic E-state index is 5.41. The van der Waals surface area contributed by atoms with Crippen molar-refractivity contribution in [3.63, 3.8) is 0 Å². The molecule has 0 saturated carbocycles. The zero-order chi connectivity index (χ0) is 14.4. The summed E-state index contributed by atoms with van der Waals surface area (Å²) in [5.41, 5.74) is 0.912. The van der Waals surface area contributed by atoms with Gasteiger partial charge in [-0.25, -0.2) is 0 Å². The molecule has 0 bridgehead atoms. The van der Waals surface area contributed by atoms with Gasteiger partial charge in [0, 0.05) is 16.6 Å². The Morgan fingerprint density at radius 2 is 1.95 bits per heavy atom. The van der Waals surface area contributed by atoms with E-state index in [4.69, 9.17) is 4.74 Å². The number of aromatic nitrogens is 3. The van der Waals surface area contributed by atoms with Crippen LogP contribution in [0.15, 0.2) is 28.7 Å². The molecule has 0 radical (unpaired) electrons. The van der Waals surface area contributed by atoms with Gasteiger partial charge in [-0.15, -0.1) is 0 Å². The first-order valence-electron chi connectivity index (χ1n) is 6.62. The minimum Gasteiger partial charge on any atom is -0.464 e. The Hall–Kier alpha value is -1.69. The number of halogens is 1. The van der Waals surface area contributed by atoms with Crippen molar-refractivity contribution in [2.45, 2.75) is 20.3 Å². The van der Waals surface area contributed by atoms with Crippen LogP contribution in [-0.4, -0.2) is 28.1 Å². The Kier molecular flexibility index (Phi) is 5.29. The summed E-state index contributed by atoms with van der Waals surface area (Å²) in [6.45, 7) is 5.32. The van der Waals surface area contributed by atoms with E-state index in [0.29, 0.717) is 24.4 Å². The molecular weight excluding hydrogens is 320 g/mol. The van der Waals surface area contributed by atoms with Gasteiger partial charge in [0.25, 0.3) is 0 Å². The second kappa shape index (κ2) is 7.19. The van der Waals surface area contributed by atoms with E-state index < -0.39 is 0 Å². The molecule has 5 nitrogen and oxygen atoms in total. The van der Waals surface area contributed by atoms with Gasteiger partial charge in [0.05, 0.1) is 6.61 Å². The molecule has 0 spiro atoms. The van der Waals surface area contributed by atoms with E-state index in [1.54, 1.807) is 0 Å². The highest BCUT2D eigenvalue weighted by molar-refractivity contribution is 9.10. The summed E-state index contributed by atoms with van der Waals surface area (Å²) in [6.07, 6.45) is 1.00. The van der Waals surface area contributed by atoms with Crippen molar-refractivity contribution >= 4 is 21.9 Å². The summed E-state index contributed by atoms with van der Waals surface area (Å²) in [4.78, 5) is 13.0. The average Bonchev–Trinajstić information content (AvgIpc) is 2.46. The summed E-state index contributed by atoms with van der Waals surface area (Å²) < 4.78 is 6.35. The van der Waals surface area contributed by atoms with Crippen molar-refractivity contribution in [2.24, 2.45) is 0 Å². The van der Waals surface area contributed by atoms with E-state index in [2.05, 4.69) is 43.1 Å². The standard InChI is InChI=1S/C14H17BrN4O/c1-3-9-16-13-17-12(18-14(19-13)20-4-2)10-7-5-6-8-11(10)15/h5-8H,3-4,9H2,1-2H3,(H,16,17,18,19). The summed E-state index contributed by atoms with van der Waals surface area (Å²) in [7, 11) is 0. The van der Waals surface area contributed by atoms with Crippen molar-refractivity contribution in [1.29, 1.82) is 0 Å². The van der Waals surface area contributed by atoms with Crippen molar-refractivity contribution in [3.05, 3.63) is 28.7 Å². The van der Waals surface area contributed by atoms with Crippen LogP contribution in [0.4, 0.5) is 5.95 Å². The molecule has 106 valence electrons. The Labute approximate surface area is 127 Å². The van der Waals surface area contributed by atoms with Gasteiger partial charge < -0.3 is 10.1 Å². The van der Waals surface area contributed by atoms with Crippen LogP contribution in [0, 0.1) is 0 Å². The number of rotatable bonds is 6. The molecule has 1 heterocycles. The highest BCUT2D eigenvalue weighted by Crippen LogP contribution is 2.26. The first-order chi connectivity index (χ1) is 9.74. The van der Waals surface area contributed by atoms with Crippen LogP contribution in [0.1, 0.15) is 20.3 Å². The Balaban J connectivity index is 2.40. The average molecular weight is 337 g/mol. The molecule has 6 heteroatoms. The largest absolute Gasteiger partial charge is 0.464 e. The molecule has 20 heavy (non-hydrogen) atoms. The topological polar surface area (TPSA) is 59.9 Å². The first kappa shape index (κ1) is 14.7. The van der Waals surface area contributed by atoms with Gasteiger partial charge in [-0.2, -0.15) is 15.0 Å². The van der Waals surface area contributed by atoms with Gasteiger partial charge in [0.1, 0.15) is 0 Å². The number of benzene rings is 1. The number of hydrogen-bond acceptors (Lipinski definition) is 5. The van der Waals surface area contributed by atoms with Gasteiger partial charge in [-0.3, -0.25) is 0 Å². The van der Waals surface area contributed by atoms with Crippen LogP contribution in [0.2, 0.25) is 0 Å². The molecular formula is C14H17BrN4O. The number of nitrogens with one attached hydrogen (secondary N) is 1. The normalized spacial score (nSPS) is 10.3. The fourth-order valence-corrected chi connectivity index (χ4v) is 2.09. The van der Waals surface area contributed by atoms with Crippen LogP contribution in [-0.2, 0) is 0 Å². The monoisotopic (exact) mass is 336 g/mol. The Morgan fingerprint density at radius 1 is 1.15 bits per heavy atom. The summed E-state index contributed by atoms with van der Waals surface area (Å²) >= 11 is 3.51. The molecule has 0 aliphatic heterocycles. The smallest absolute Gasteiger partial charge is 0.321 e. The van der Waals surface area contributed by atoms with E-state index >= 15 is 0 Å². The fraction of sp³-hybridized carbons (Fsp3) is 0.357. The van der Waals surface area contributed by atoms with Gasteiger partial charge in [0.15, 0.2) is 5.82 Å². The van der Waals surface area contributed by atoms with Gasteiger partial charge >= 0.3 is 6.01 Å². The summed E-state index contributed by atoms with van der Waals surface area (Å²) in [6, 6.07) is 8.15. The van der Waals surface area contributed by atoms with Gasteiger partial charge in [-0.1, -0.05) is 41.1 Å². The predicted molar refractivity (Wildman–Crippen MR) is 82.9 cm³/mol. The van der Waals surface area contributed by atoms with E-state index in [9.17, 15) is 0 Å².